The standard InChI is InChI=1S/C13H21N3O3S/c1-9-11(13(20-3)16-10(2)15-9)12(18)14-5-4-7-19-8-6-17/h17H,4-8H2,1-3H3,(H,14,18). The summed E-state index contributed by atoms with van der Waals surface area (Å²) in [6, 6.07) is 0. The van der Waals surface area contributed by atoms with Crippen molar-refractivity contribution in [1.82, 2.24) is 15.3 Å². The molecule has 0 atom stereocenters. The largest absolute Gasteiger partial charge is 0.394 e. The number of aryl methyl sites for hydroxylation is 2. The number of hydrogen-bond donors (Lipinski definition) is 2. The highest BCUT2D eigenvalue weighted by Gasteiger charge is 2.16. The fourth-order valence-corrected chi connectivity index (χ4v) is 2.39. The van der Waals surface area contributed by atoms with Crippen LogP contribution in [0.15, 0.2) is 5.03 Å². The van der Waals surface area contributed by atoms with Crippen LogP contribution in [0, 0.1) is 13.8 Å². The molecule has 0 aliphatic heterocycles. The van der Waals surface area contributed by atoms with Crippen LogP contribution in [0.3, 0.4) is 0 Å². The number of amides is 1. The molecule has 7 heteroatoms. The van der Waals surface area contributed by atoms with Crippen LogP contribution in [-0.2, 0) is 4.74 Å². The Morgan fingerprint density at radius 1 is 1.35 bits per heavy atom. The molecule has 0 aliphatic rings. The molecule has 0 unspecified atom stereocenters. The number of carbonyl (C=O) groups is 1. The van der Waals surface area contributed by atoms with Crippen LogP contribution in [0.1, 0.15) is 28.3 Å². The lowest BCUT2D eigenvalue weighted by Gasteiger charge is -2.11. The van der Waals surface area contributed by atoms with E-state index in [0.29, 0.717) is 48.3 Å². The van der Waals surface area contributed by atoms with Crippen molar-refractivity contribution in [3.63, 3.8) is 0 Å². The van der Waals surface area contributed by atoms with Crippen molar-refractivity contribution in [2.24, 2.45) is 0 Å². The topological polar surface area (TPSA) is 84.3 Å². The Labute approximate surface area is 123 Å². The fourth-order valence-electron chi connectivity index (χ4n) is 1.72. The van der Waals surface area contributed by atoms with Gasteiger partial charge in [-0.1, -0.05) is 0 Å². The third kappa shape index (κ3) is 5.07. The summed E-state index contributed by atoms with van der Waals surface area (Å²) >= 11 is 1.44. The van der Waals surface area contributed by atoms with Crippen molar-refractivity contribution in [3.05, 3.63) is 17.1 Å². The number of rotatable bonds is 8. The fraction of sp³-hybridized carbons (Fsp3) is 0.615. The van der Waals surface area contributed by atoms with Gasteiger partial charge in [-0.3, -0.25) is 4.79 Å². The molecule has 0 radical (unpaired) electrons. The first-order chi connectivity index (χ1) is 9.60. The number of aromatic nitrogens is 2. The van der Waals surface area contributed by atoms with Crippen LogP contribution in [0.5, 0.6) is 0 Å². The van der Waals surface area contributed by atoms with E-state index in [2.05, 4.69) is 15.3 Å². The van der Waals surface area contributed by atoms with Crippen molar-refractivity contribution < 1.29 is 14.6 Å². The van der Waals surface area contributed by atoms with Gasteiger partial charge in [0.15, 0.2) is 0 Å². The van der Waals surface area contributed by atoms with Gasteiger partial charge in [0.25, 0.3) is 5.91 Å². The number of carbonyl (C=O) groups excluding carboxylic acids is 1. The Kier molecular flexibility index (Phi) is 7.50. The minimum atomic E-state index is -0.158. The maximum atomic E-state index is 12.2. The Morgan fingerprint density at radius 2 is 2.10 bits per heavy atom. The van der Waals surface area contributed by atoms with Gasteiger partial charge in [-0.15, -0.1) is 11.8 Å². The number of hydrogen-bond acceptors (Lipinski definition) is 6. The SMILES string of the molecule is CSc1nc(C)nc(C)c1C(=O)NCCCOCCO. The number of aliphatic hydroxyl groups excluding tert-OH is 1. The van der Waals surface area contributed by atoms with Crippen molar-refractivity contribution in [3.8, 4) is 0 Å². The monoisotopic (exact) mass is 299 g/mol. The van der Waals surface area contributed by atoms with Crippen LogP contribution in [0.2, 0.25) is 0 Å². The summed E-state index contributed by atoms with van der Waals surface area (Å²) < 4.78 is 5.12. The number of nitrogens with zero attached hydrogens (tertiary/aromatic N) is 2. The summed E-state index contributed by atoms with van der Waals surface area (Å²) in [5, 5.41) is 12.1. The van der Waals surface area contributed by atoms with Gasteiger partial charge in [0.05, 0.1) is 24.5 Å². The Bertz CT molecular complexity index is 455. The van der Waals surface area contributed by atoms with E-state index in [9.17, 15) is 4.79 Å². The summed E-state index contributed by atoms with van der Waals surface area (Å²) in [4.78, 5) is 20.7. The molecule has 0 saturated carbocycles. The summed E-state index contributed by atoms with van der Waals surface area (Å²) in [5.41, 5.74) is 1.23. The highest BCUT2D eigenvalue weighted by molar-refractivity contribution is 7.98. The molecular formula is C13H21N3O3S. The number of aliphatic hydroxyl groups is 1. The lowest BCUT2D eigenvalue weighted by atomic mass is 10.2. The second kappa shape index (κ2) is 8.89. The predicted octanol–water partition coefficient (Wildman–Crippen LogP) is 0.944. The van der Waals surface area contributed by atoms with Gasteiger partial charge in [0, 0.05) is 13.2 Å². The maximum absolute atomic E-state index is 12.2. The molecule has 2 N–H and O–H groups in total. The number of nitrogens with one attached hydrogen (secondary N) is 1. The van der Waals surface area contributed by atoms with E-state index in [1.807, 2.05) is 20.1 Å². The first-order valence-electron chi connectivity index (χ1n) is 6.46. The summed E-state index contributed by atoms with van der Waals surface area (Å²) in [7, 11) is 0. The molecule has 0 fully saturated rings. The van der Waals surface area contributed by atoms with Crippen LogP contribution < -0.4 is 5.32 Å². The van der Waals surface area contributed by atoms with Crippen molar-refractivity contribution >= 4 is 17.7 Å². The van der Waals surface area contributed by atoms with Gasteiger partial charge in [-0.05, 0) is 26.5 Å². The van der Waals surface area contributed by atoms with Crippen LogP contribution in [-0.4, -0.2) is 53.6 Å². The molecule has 20 heavy (non-hydrogen) atoms. The average Bonchev–Trinajstić information content (AvgIpc) is 2.41. The third-order valence-corrected chi connectivity index (χ3v) is 3.26. The van der Waals surface area contributed by atoms with Crippen molar-refractivity contribution in [1.29, 1.82) is 0 Å². The van der Waals surface area contributed by atoms with Gasteiger partial charge in [0.2, 0.25) is 0 Å². The third-order valence-electron chi connectivity index (χ3n) is 2.58. The zero-order chi connectivity index (χ0) is 15.0. The van der Waals surface area contributed by atoms with E-state index in [0.717, 1.165) is 0 Å². The van der Waals surface area contributed by atoms with Crippen molar-refractivity contribution in [2.75, 3.05) is 32.6 Å². The van der Waals surface area contributed by atoms with Gasteiger partial charge < -0.3 is 15.2 Å². The summed E-state index contributed by atoms with van der Waals surface area (Å²) in [6.45, 7) is 5.00. The Hall–Kier alpha value is -1.18. The molecular weight excluding hydrogens is 278 g/mol. The molecule has 1 aromatic heterocycles. The minimum Gasteiger partial charge on any atom is -0.394 e. The van der Waals surface area contributed by atoms with Gasteiger partial charge >= 0.3 is 0 Å². The molecule has 1 amide bonds. The first-order valence-corrected chi connectivity index (χ1v) is 7.68. The molecule has 1 heterocycles. The Balaban J connectivity index is 2.55. The maximum Gasteiger partial charge on any atom is 0.255 e. The first kappa shape index (κ1) is 16.9. The quantitative estimate of drug-likeness (QED) is 0.422. The second-order valence-electron chi connectivity index (χ2n) is 4.19. The van der Waals surface area contributed by atoms with Gasteiger partial charge in [-0.2, -0.15) is 0 Å². The number of ether oxygens (including phenoxy) is 1. The van der Waals surface area contributed by atoms with E-state index < -0.39 is 0 Å². The minimum absolute atomic E-state index is 0.0172. The second-order valence-corrected chi connectivity index (χ2v) is 4.98. The van der Waals surface area contributed by atoms with Gasteiger partial charge in [-0.25, -0.2) is 9.97 Å². The van der Waals surface area contributed by atoms with Crippen LogP contribution >= 0.6 is 11.8 Å². The van der Waals surface area contributed by atoms with Crippen LogP contribution in [0.4, 0.5) is 0 Å². The highest BCUT2D eigenvalue weighted by Crippen LogP contribution is 2.20. The van der Waals surface area contributed by atoms with Crippen LogP contribution in [0.25, 0.3) is 0 Å². The molecule has 0 aromatic carbocycles. The summed E-state index contributed by atoms with van der Waals surface area (Å²) in [6.07, 6.45) is 2.59. The van der Waals surface area contributed by atoms with E-state index in [4.69, 9.17) is 9.84 Å². The smallest absolute Gasteiger partial charge is 0.255 e. The number of thioether (sulfide) groups is 1. The van der Waals surface area contributed by atoms with E-state index >= 15 is 0 Å². The zero-order valence-electron chi connectivity index (χ0n) is 12.1. The lowest BCUT2D eigenvalue weighted by molar-refractivity contribution is 0.0865. The molecule has 112 valence electrons. The lowest BCUT2D eigenvalue weighted by Crippen LogP contribution is -2.27. The Morgan fingerprint density at radius 3 is 2.75 bits per heavy atom. The zero-order valence-corrected chi connectivity index (χ0v) is 12.9. The molecule has 1 rings (SSSR count). The molecule has 0 spiro atoms. The average molecular weight is 299 g/mol. The molecule has 6 nitrogen and oxygen atoms in total. The van der Waals surface area contributed by atoms with E-state index in [1.165, 1.54) is 11.8 Å². The van der Waals surface area contributed by atoms with E-state index in [-0.39, 0.29) is 12.5 Å². The molecule has 0 aliphatic carbocycles. The molecule has 0 bridgehead atoms. The normalized spacial score (nSPS) is 10.6. The van der Waals surface area contributed by atoms with Crippen molar-refractivity contribution in [2.45, 2.75) is 25.3 Å². The van der Waals surface area contributed by atoms with Gasteiger partial charge in [0.1, 0.15) is 10.9 Å². The molecule has 1 aromatic rings. The summed E-state index contributed by atoms with van der Waals surface area (Å²) in [5.74, 6) is 0.509. The highest BCUT2D eigenvalue weighted by atomic mass is 32.2. The molecule has 0 saturated heterocycles. The predicted molar refractivity (Wildman–Crippen MR) is 78.1 cm³/mol. The van der Waals surface area contributed by atoms with E-state index in [1.54, 1.807) is 0 Å².